The lowest BCUT2D eigenvalue weighted by atomic mass is 10.1. The molecule has 0 bridgehead atoms. The van der Waals surface area contributed by atoms with E-state index in [0.29, 0.717) is 29.2 Å². The first-order valence-corrected chi connectivity index (χ1v) is 11.3. The summed E-state index contributed by atoms with van der Waals surface area (Å²) in [5.41, 5.74) is 0.176. The molecule has 1 heterocycles. The molecule has 3 aromatic carbocycles. The first-order valence-electron chi connectivity index (χ1n) is 10.5. The fourth-order valence-corrected chi connectivity index (χ4v) is 4.14. The Bertz CT molecular complexity index is 1370. The van der Waals surface area contributed by atoms with Crippen LogP contribution in [0.25, 0.3) is 10.2 Å². The van der Waals surface area contributed by atoms with Gasteiger partial charge in [0.25, 0.3) is 5.91 Å². The molecule has 6 nitrogen and oxygen atoms in total. The molecule has 0 aliphatic heterocycles. The van der Waals surface area contributed by atoms with Crippen LogP contribution in [0, 0.1) is 0 Å². The average Bonchev–Trinajstić information content (AvgIpc) is 3.27. The molecular formula is C25H20F3N3O3S. The van der Waals surface area contributed by atoms with Gasteiger partial charge in [-0.05, 0) is 73.2 Å². The maximum absolute atomic E-state index is 13.4. The number of hydrazone groups is 1. The summed E-state index contributed by atoms with van der Waals surface area (Å²) in [5, 5.41) is 5.51. The zero-order valence-corrected chi connectivity index (χ0v) is 19.6. The van der Waals surface area contributed by atoms with Crippen molar-refractivity contribution in [1.82, 2.24) is 4.98 Å². The molecule has 0 radical (unpaired) electrons. The number of anilines is 1. The van der Waals surface area contributed by atoms with E-state index in [4.69, 9.17) is 9.47 Å². The van der Waals surface area contributed by atoms with Gasteiger partial charge in [0.2, 0.25) is 5.13 Å². The second kappa shape index (κ2) is 10.1. The van der Waals surface area contributed by atoms with Gasteiger partial charge in [-0.25, -0.2) is 4.98 Å². The molecule has 0 N–H and O–H groups in total. The van der Waals surface area contributed by atoms with Crippen molar-refractivity contribution in [2.45, 2.75) is 13.1 Å². The van der Waals surface area contributed by atoms with Crippen LogP contribution in [0.4, 0.5) is 18.3 Å². The standard InChI is InChI=1S/C25H20F3N3O3S/c1-3-34-19-9-7-16(8-10-19)15-29-31(23(32)17-5-4-6-18(13-17)25(26,27)28)24-30-21-12-11-20(33-2)14-22(21)35-24/h4-15H,3H2,1-2H3/b29-15+. The molecule has 35 heavy (non-hydrogen) atoms. The van der Waals surface area contributed by atoms with Crippen molar-refractivity contribution in [1.29, 1.82) is 0 Å². The normalized spacial score (nSPS) is 11.7. The number of amides is 1. The molecule has 0 saturated carbocycles. The Morgan fingerprint density at radius 2 is 1.83 bits per heavy atom. The summed E-state index contributed by atoms with van der Waals surface area (Å²) < 4.78 is 51.1. The smallest absolute Gasteiger partial charge is 0.416 e. The quantitative estimate of drug-likeness (QED) is 0.218. The average molecular weight is 500 g/mol. The van der Waals surface area contributed by atoms with Gasteiger partial charge in [-0.2, -0.15) is 23.3 Å². The highest BCUT2D eigenvalue weighted by molar-refractivity contribution is 7.22. The van der Waals surface area contributed by atoms with Gasteiger partial charge in [-0.3, -0.25) is 4.79 Å². The molecule has 1 amide bonds. The summed E-state index contributed by atoms with van der Waals surface area (Å²) in [6.07, 6.45) is -3.15. The minimum atomic E-state index is -4.58. The zero-order chi connectivity index (χ0) is 25.0. The minimum Gasteiger partial charge on any atom is -0.497 e. The monoisotopic (exact) mass is 499 g/mol. The number of ether oxygens (including phenoxy) is 2. The van der Waals surface area contributed by atoms with Crippen molar-refractivity contribution in [3.63, 3.8) is 0 Å². The largest absolute Gasteiger partial charge is 0.497 e. The highest BCUT2D eigenvalue weighted by atomic mass is 32.1. The van der Waals surface area contributed by atoms with Crippen molar-refractivity contribution >= 4 is 38.8 Å². The number of thiazole rings is 1. The molecule has 0 spiro atoms. The number of benzene rings is 3. The molecule has 4 aromatic rings. The SMILES string of the molecule is CCOc1ccc(/C=N/N(C(=O)c2cccc(C(F)(F)F)c2)c2nc3ccc(OC)cc3s2)cc1. The van der Waals surface area contributed by atoms with Gasteiger partial charge in [0.05, 0.1) is 35.7 Å². The molecule has 0 aliphatic rings. The number of halogens is 3. The van der Waals surface area contributed by atoms with E-state index in [2.05, 4.69) is 10.1 Å². The van der Waals surface area contributed by atoms with Crippen molar-refractivity contribution in [3.05, 3.63) is 83.4 Å². The number of hydrogen-bond donors (Lipinski definition) is 0. The Morgan fingerprint density at radius 1 is 1.09 bits per heavy atom. The van der Waals surface area contributed by atoms with Crippen LogP contribution in [-0.2, 0) is 6.18 Å². The topological polar surface area (TPSA) is 64.0 Å². The Balaban J connectivity index is 1.74. The third-order valence-electron chi connectivity index (χ3n) is 4.91. The summed E-state index contributed by atoms with van der Waals surface area (Å²) in [4.78, 5) is 17.8. The number of nitrogens with zero attached hydrogens (tertiary/aromatic N) is 3. The summed E-state index contributed by atoms with van der Waals surface area (Å²) in [6.45, 7) is 2.40. The van der Waals surface area contributed by atoms with Crippen LogP contribution in [0.1, 0.15) is 28.4 Å². The van der Waals surface area contributed by atoms with Gasteiger partial charge >= 0.3 is 6.18 Å². The molecule has 0 saturated heterocycles. The van der Waals surface area contributed by atoms with Gasteiger partial charge < -0.3 is 9.47 Å². The lowest BCUT2D eigenvalue weighted by Crippen LogP contribution is -2.26. The molecule has 10 heteroatoms. The number of carbonyl (C=O) groups is 1. The van der Waals surface area contributed by atoms with E-state index >= 15 is 0 Å². The van der Waals surface area contributed by atoms with E-state index in [9.17, 15) is 18.0 Å². The van der Waals surface area contributed by atoms with Crippen LogP contribution in [-0.4, -0.2) is 30.8 Å². The predicted molar refractivity (Wildman–Crippen MR) is 130 cm³/mol. The minimum absolute atomic E-state index is 0.166. The Labute approximate surface area is 203 Å². The molecule has 0 unspecified atom stereocenters. The number of hydrogen-bond acceptors (Lipinski definition) is 6. The number of aromatic nitrogens is 1. The maximum atomic E-state index is 13.4. The van der Waals surface area contributed by atoms with E-state index in [1.807, 2.05) is 6.92 Å². The Kier molecular flexibility index (Phi) is 7.02. The number of rotatable bonds is 7. The molecule has 0 aliphatic carbocycles. The summed E-state index contributed by atoms with van der Waals surface area (Å²) in [7, 11) is 1.54. The number of fused-ring (bicyclic) bond motifs is 1. The number of carbonyl (C=O) groups excluding carboxylic acids is 1. The third-order valence-corrected chi connectivity index (χ3v) is 5.90. The molecular weight excluding hydrogens is 479 g/mol. The van der Waals surface area contributed by atoms with Gasteiger partial charge in [-0.15, -0.1) is 0 Å². The summed E-state index contributed by atoms with van der Waals surface area (Å²) in [5.74, 6) is 0.548. The molecule has 0 fully saturated rings. The highest BCUT2D eigenvalue weighted by Crippen LogP contribution is 2.34. The van der Waals surface area contributed by atoms with Gasteiger partial charge in [0.15, 0.2) is 0 Å². The molecule has 1 aromatic heterocycles. The van der Waals surface area contributed by atoms with E-state index < -0.39 is 17.6 Å². The van der Waals surface area contributed by atoms with Crippen molar-refractivity contribution in [3.8, 4) is 11.5 Å². The summed E-state index contributed by atoms with van der Waals surface area (Å²) in [6, 6.07) is 16.5. The summed E-state index contributed by atoms with van der Waals surface area (Å²) >= 11 is 1.17. The zero-order valence-electron chi connectivity index (χ0n) is 18.7. The molecule has 4 rings (SSSR count). The van der Waals surface area contributed by atoms with Crippen LogP contribution in [0.3, 0.4) is 0 Å². The van der Waals surface area contributed by atoms with Crippen molar-refractivity contribution in [2.24, 2.45) is 5.10 Å². The maximum Gasteiger partial charge on any atom is 0.416 e. The molecule has 180 valence electrons. The van der Waals surface area contributed by atoms with Crippen LogP contribution in [0.5, 0.6) is 11.5 Å². The van der Waals surface area contributed by atoms with E-state index in [0.717, 1.165) is 21.8 Å². The fraction of sp³-hybridized carbons (Fsp3) is 0.160. The van der Waals surface area contributed by atoms with Gasteiger partial charge in [-0.1, -0.05) is 17.4 Å². The Hall–Kier alpha value is -3.92. The van der Waals surface area contributed by atoms with Crippen LogP contribution >= 0.6 is 11.3 Å². The van der Waals surface area contributed by atoms with Crippen LogP contribution in [0.15, 0.2) is 71.8 Å². The molecule has 0 atom stereocenters. The third kappa shape index (κ3) is 5.60. The lowest BCUT2D eigenvalue weighted by Gasteiger charge is -2.15. The first-order chi connectivity index (χ1) is 16.8. The number of methoxy groups -OCH3 is 1. The fourth-order valence-electron chi connectivity index (χ4n) is 3.19. The van der Waals surface area contributed by atoms with Gasteiger partial charge in [0.1, 0.15) is 11.5 Å². The van der Waals surface area contributed by atoms with E-state index in [1.165, 1.54) is 36.8 Å². The Morgan fingerprint density at radius 3 is 2.51 bits per heavy atom. The van der Waals surface area contributed by atoms with Crippen molar-refractivity contribution in [2.75, 3.05) is 18.7 Å². The predicted octanol–water partition coefficient (Wildman–Crippen LogP) is 6.40. The first kappa shape index (κ1) is 24.2. The lowest BCUT2D eigenvalue weighted by molar-refractivity contribution is -0.137. The second-order valence-electron chi connectivity index (χ2n) is 7.27. The highest BCUT2D eigenvalue weighted by Gasteiger charge is 2.32. The van der Waals surface area contributed by atoms with Crippen molar-refractivity contribution < 1.29 is 27.4 Å². The van der Waals surface area contributed by atoms with E-state index in [1.54, 1.807) is 42.5 Å². The number of alkyl halides is 3. The second-order valence-corrected chi connectivity index (χ2v) is 8.28. The van der Waals surface area contributed by atoms with Crippen LogP contribution in [0.2, 0.25) is 0 Å². The van der Waals surface area contributed by atoms with E-state index in [-0.39, 0.29) is 10.7 Å². The van der Waals surface area contributed by atoms with Crippen LogP contribution < -0.4 is 14.5 Å². The van der Waals surface area contributed by atoms with Gasteiger partial charge in [0, 0.05) is 5.56 Å².